The standard InChI is InChI=1S/C27H30F2N2O3/c1-32-23-16-24(33-2)18-25(17-23)34-19-21-5-3-20(4-6-21)9-10-30-11-13-31(14-12-30)27-8-7-22(28)15-26(27)29/h3-8,15-18H,9-14,19H2,1-2H3. The van der Waals surface area contributed by atoms with E-state index in [0.29, 0.717) is 29.5 Å². The summed E-state index contributed by atoms with van der Waals surface area (Å²) in [6.07, 6.45) is 0.944. The van der Waals surface area contributed by atoms with Crippen LogP contribution >= 0.6 is 0 Å². The van der Waals surface area contributed by atoms with E-state index >= 15 is 0 Å². The van der Waals surface area contributed by atoms with Gasteiger partial charge in [-0.2, -0.15) is 0 Å². The molecule has 0 unspecified atom stereocenters. The molecule has 0 radical (unpaired) electrons. The van der Waals surface area contributed by atoms with Crippen molar-refractivity contribution in [2.24, 2.45) is 0 Å². The van der Waals surface area contributed by atoms with Crippen LogP contribution in [-0.4, -0.2) is 51.8 Å². The van der Waals surface area contributed by atoms with Crippen molar-refractivity contribution >= 4 is 5.69 Å². The maximum Gasteiger partial charge on any atom is 0.149 e. The smallest absolute Gasteiger partial charge is 0.149 e. The third-order valence-corrected chi connectivity index (χ3v) is 6.09. The molecule has 1 saturated heterocycles. The lowest BCUT2D eigenvalue weighted by molar-refractivity contribution is 0.260. The van der Waals surface area contributed by atoms with Crippen molar-refractivity contribution in [2.75, 3.05) is 51.8 Å². The van der Waals surface area contributed by atoms with Gasteiger partial charge in [0.2, 0.25) is 0 Å². The van der Waals surface area contributed by atoms with E-state index < -0.39 is 11.6 Å². The number of nitrogens with zero attached hydrogens (tertiary/aromatic N) is 2. The molecule has 180 valence electrons. The fraction of sp³-hybridized carbons (Fsp3) is 0.333. The van der Waals surface area contributed by atoms with Crippen molar-refractivity contribution in [1.29, 1.82) is 0 Å². The number of piperazine rings is 1. The van der Waals surface area contributed by atoms with Gasteiger partial charge in [-0.3, -0.25) is 4.90 Å². The van der Waals surface area contributed by atoms with Crippen molar-refractivity contribution in [3.63, 3.8) is 0 Å². The number of hydrogen-bond acceptors (Lipinski definition) is 5. The summed E-state index contributed by atoms with van der Waals surface area (Å²) >= 11 is 0. The normalized spacial score (nSPS) is 14.2. The van der Waals surface area contributed by atoms with E-state index in [1.54, 1.807) is 14.2 Å². The van der Waals surface area contributed by atoms with Crippen LogP contribution < -0.4 is 19.1 Å². The number of rotatable bonds is 9. The molecule has 4 rings (SSSR count). The Morgan fingerprint density at radius 1 is 0.735 bits per heavy atom. The minimum absolute atomic E-state index is 0.457. The minimum atomic E-state index is -0.544. The largest absolute Gasteiger partial charge is 0.496 e. The molecule has 1 heterocycles. The van der Waals surface area contributed by atoms with Gasteiger partial charge in [-0.05, 0) is 29.7 Å². The number of benzene rings is 3. The third-order valence-electron chi connectivity index (χ3n) is 6.09. The van der Waals surface area contributed by atoms with E-state index in [9.17, 15) is 8.78 Å². The molecule has 0 aromatic heterocycles. The first-order chi connectivity index (χ1) is 16.5. The van der Waals surface area contributed by atoms with Crippen LogP contribution in [-0.2, 0) is 13.0 Å². The molecule has 0 N–H and O–H groups in total. The van der Waals surface area contributed by atoms with Crippen molar-refractivity contribution in [2.45, 2.75) is 13.0 Å². The van der Waals surface area contributed by atoms with Gasteiger partial charge in [0.15, 0.2) is 0 Å². The van der Waals surface area contributed by atoms with Crippen LogP contribution in [0.4, 0.5) is 14.5 Å². The number of anilines is 1. The molecule has 0 spiro atoms. The first-order valence-electron chi connectivity index (χ1n) is 11.4. The van der Waals surface area contributed by atoms with Crippen LogP contribution in [0.5, 0.6) is 17.2 Å². The quantitative estimate of drug-likeness (QED) is 0.445. The monoisotopic (exact) mass is 468 g/mol. The van der Waals surface area contributed by atoms with Crippen LogP contribution in [0.25, 0.3) is 0 Å². The molecule has 34 heavy (non-hydrogen) atoms. The molecule has 5 nitrogen and oxygen atoms in total. The van der Waals surface area contributed by atoms with Gasteiger partial charge in [0.25, 0.3) is 0 Å². The first-order valence-corrected chi connectivity index (χ1v) is 11.4. The topological polar surface area (TPSA) is 34.2 Å². The number of hydrogen-bond donors (Lipinski definition) is 0. The van der Waals surface area contributed by atoms with E-state index in [2.05, 4.69) is 29.2 Å². The van der Waals surface area contributed by atoms with Gasteiger partial charge >= 0.3 is 0 Å². The van der Waals surface area contributed by atoms with Gasteiger partial charge < -0.3 is 19.1 Å². The second-order valence-corrected chi connectivity index (χ2v) is 8.33. The Labute approximate surface area is 199 Å². The fourth-order valence-electron chi connectivity index (χ4n) is 4.07. The molecule has 0 amide bonds. The number of halogens is 2. The van der Waals surface area contributed by atoms with Crippen LogP contribution in [0.3, 0.4) is 0 Å². The first kappa shape index (κ1) is 23.8. The SMILES string of the molecule is COc1cc(OC)cc(OCc2ccc(CCN3CCN(c4ccc(F)cc4F)CC3)cc2)c1. The van der Waals surface area contributed by atoms with E-state index in [1.807, 2.05) is 23.1 Å². The zero-order valence-electron chi connectivity index (χ0n) is 19.6. The van der Waals surface area contributed by atoms with Crippen molar-refractivity contribution in [3.05, 3.63) is 83.4 Å². The summed E-state index contributed by atoms with van der Waals surface area (Å²) in [5.74, 6) is 1.03. The zero-order chi connectivity index (χ0) is 23.9. The Balaban J connectivity index is 1.23. The zero-order valence-corrected chi connectivity index (χ0v) is 19.6. The Morgan fingerprint density at radius 3 is 1.97 bits per heavy atom. The summed E-state index contributed by atoms with van der Waals surface area (Å²) in [6, 6.07) is 17.7. The lowest BCUT2D eigenvalue weighted by atomic mass is 10.1. The molecule has 3 aromatic carbocycles. The average molecular weight is 469 g/mol. The summed E-state index contributed by atoms with van der Waals surface area (Å²) in [5.41, 5.74) is 2.82. The molecule has 0 aliphatic carbocycles. The molecular formula is C27H30F2N2O3. The summed E-state index contributed by atoms with van der Waals surface area (Å²) < 4.78 is 43.7. The van der Waals surface area contributed by atoms with Gasteiger partial charge in [-0.1, -0.05) is 24.3 Å². The highest BCUT2D eigenvalue weighted by Crippen LogP contribution is 2.28. The highest BCUT2D eigenvalue weighted by molar-refractivity contribution is 5.48. The highest BCUT2D eigenvalue weighted by atomic mass is 19.1. The summed E-state index contributed by atoms with van der Waals surface area (Å²) in [4.78, 5) is 4.36. The van der Waals surface area contributed by atoms with Crippen molar-refractivity contribution < 1.29 is 23.0 Å². The van der Waals surface area contributed by atoms with Gasteiger partial charge in [0.1, 0.15) is 35.5 Å². The van der Waals surface area contributed by atoms with E-state index in [-0.39, 0.29) is 0 Å². The predicted molar refractivity (Wildman–Crippen MR) is 129 cm³/mol. The van der Waals surface area contributed by atoms with Crippen LogP contribution in [0.2, 0.25) is 0 Å². The second kappa shape index (κ2) is 11.2. The minimum Gasteiger partial charge on any atom is -0.496 e. The molecule has 1 fully saturated rings. The second-order valence-electron chi connectivity index (χ2n) is 8.33. The molecule has 3 aromatic rings. The Hall–Kier alpha value is -3.32. The molecule has 0 saturated carbocycles. The maximum atomic E-state index is 14.0. The van der Waals surface area contributed by atoms with Crippen LogP contribution in [0, 0.1) is 11.6 Å². The summed E-state index contributed by atoms with van der Waals surface area (Å²) in [6.45, 7) is 4.57. The van der Waals surface area contributed by atoms with Gasteiger partial charge in [-0.15, -0.1) is 0 Å². The maximum absolute atomic E-state index is 14.0. The highest BCUT2D eigenvalue weighted by Gasteiger charge is 2.19. The summed E-state index contributed by atoms with van der Waals surface area (Å²) in [7, 11) is 3.23. The molecule has 0 bridgehead atoms. The molecular weight excluding hydrogens is 438 g/mol. The Kier molecular flexibility index (Phi) is 7.85. The van der Waals surface area contributed by atoms with E-state index in [1.165, 1.54) is 17.7 Å². The van der Waals surface area contributed by atoms with Crippen molar-refractivity contribution in [3.8, 4) is 17.2 Å². The predicted octanol–water partition coefficient (Wildman–Crippen LogP) is 4.93. The molecule has 1 aliphatic heterocycles. The van der Waals surface area contributed by atoms with Crippen LogP contribution in [0.15, 0.2) is 60.7 Å². The van der Waals surface area contributed by atoms with Gasteiger partial charge in [0.05, 0.1) is 19.9 Å². The van der Waals surface area contributed by atoms with E-state index in [0.717, 1.165) is 50.8 Å². The van der Waals surface area contributed by atoms with E-state index in [4.69, 9.17) is 14.2 Å². The number of ether oxygens (including phenoxy) is 3. The van der Waals surface area contributed by atoms with Gasteiger partial charge in [0, 0.05) is 57.0 Å². The van der Waals surface area contributed by atoms with Gasteiger partial charge in [-0.25, -0.2) is 8.78 Å². The molecule has 1 aliphatic rings. The third kappa shape index (κ3) is 6.17. The lowest BCUT2D eigenvalue weighted by Crippen LogP contribution is -2.47. The fourth-order valence-corrected chi connectivity index (χ4v) is 4.07. The Bertz CT molecular complexity index is 1060. The molecule has 0 atom stereocenters. The van der Waals surface area contributed by atoms with Crippen LogP contribution in [0.1, 0.15) is 11.1 Å². The molecule has 7 heteroatoms. The number of methoxy groups -OCH3 is 2. The average Bonchev–Trinajstić information content (AvgIpc) is 2.87. The lowest BCUT2D eigenvalue weighted by Gasteiger charge is -2.36. The Morgan fingerprint density at radius 2 is 1.35 bits per heavy atom. The summed E-state index contributed by atoms with van der Waals surface area (Å²) in [5, 5.41) is 0. The van der Waals surface area contributed by atoms with Crippen molar-refractivity contribution in [1.82, 2.24) is 4.90 Å².